The number of carbonyl (C=O) groups excluding carboxylic acids is 1. The Hall–Kier alpha value is -2.37. The molecule has 0 saturated carbocycles. The zero-order valence-corrected chi connectivity index (χ0v) is 11.1. The summed E-state index contributed by atoms with van der Waals surface area (Å²) in [6.07, 6.45) is 0.695. The second-order valence-electron chi connectivity index (χ2n) is 3.86. The average molecular weight is 261 g/mol. The SMILES string of the molecule is CCn1nnc(C=O)c1-c1cc(OC)cc(OC)c1. The molecule has 1 aromatic carbocycles. The number of benzene rings is 1. The van der Waals surface area contributed by atoms with Crippen LogP contribution in [0.3, 0.4) is 0 Å². The van der Waals surface area contributed by atoms with Crippen LogP contribution in [0.25, 0.3) is 11.3 Å². The van der Waals surface area contributed by atoms with Gasteiger partial charge < -0.3 is 9.47 Å². The molecule has 0 fully saturated rings. The summed E-state index contributed by atoms with van der Waals surface area (Å²) in [5.74, 6) is 1.30. The van der Waals surface area contributed by atoms with Gasteiger partial charge in [0.2, 0.25) is 0 Å². The van der Waals surface area contributed by atoms with E-state index in [1.807, 2.05) is 19.1 Å². The molecule has 100 valence electrons. The van der Waals surface area contributed by atoms with Gasteiger partial charge in [-0.05, 0) is 19.1 Å². The van der Waals surface area contributed by atoms with Crippen LogP contribution >= 0.6 is 0 Å². The van der Waals surface area contributed by atoms with Gasteiger partial charge in [0.05, 0.1) is 19.9 Å². The fraction of sp³-hybridized carbons (Fsp3) is 0.308. The van der Waals surface area contributed by atoms with Gasteiger partial charge in [-0.15, -0.1) is 5.10 Å². The van der Waals surface area contributed by atoms with Crippen molar-refractivity contribution in [1.82, 2.24) is 15.0 Å². The molecule has 0 spiro atoms. The summed E-state index contributed by atoms with van der Waals surface area (Å²) in [5, 5.41) is 7.80. The molecule has 1 aromatic heterocycles. The van der Waals surface area contributed by atoms with Gasteiger partial charge in [-0.1, -0.05) is 5.21 Å². The Morgan fingerprint density at radius 2 is 1.84 bits per heavy atom. The molecule has 0 aliphatic carbocycles. The third kappa shape index (κ3) is 2.42. The first-order chi connectivity index (χ1) is 9.23. The normalized spacial score (nSPS) is 10.3. The molecule has 0 bridgehead atoms. The lowest BCUT2D eigenvalue weighted by Gasteiger charge is -2.09. The van der Waals surface area contributed by atoms with Crippen LogP contribution in [0.1, 0.15) is 17.4 Å². The van der Waals surface area contributed by atoms with Crippen molar-refractivity contribution in [2.45, 2.75) is 13.5 Å². The Morgan fingerprint density at radius 3 is 2.32 bits per heavy atom. The molecule has 6 heteroatoms. The summed E-state index contributed by atoms with van der Waals surface area (Å²) in [5.41, 5.74) is 1.75. The lowest BCUT2D eigenvalue weighted by molar-refractivity contribution is 0.111. The summed E-state index contributed by atoms with van der Waals surface area (Å²) >= 11 is 0. The maximum Gasteiger partial charge on any atom is 0.172 e. The first kappa shape index (κ1) is 13.1. The van der Waals surface area contributed by atoms with Crippen LogP contribution in [0.2, 0.25) is 0 Å². The first-order valence-corrected chi connectivity index (χ1v) is 5.85. The highest BCUT2D eigenvalue weighted by atomic mass is 16.5. The number of hydrogen-bond donors (Lipinski definition) is 0. The number of hydrogen-bond acceptors (Lipinski definition) is 5. The van der Waals surface area contributed by atoms with Gasteiger partial charge >= 0.3 is 0 Å². The second-order valence-corrected chi connectivity index (χ2v) is 3.86. The fourth-order valence-corrected chi connectivity index (χ4v) is 1.87. The Labute approximate surface area is 110 Å². The molecule has 0 radical (unpaired) electrons. The molecule has 2 aromatic rings. The summed E-state index contributed by atoms with van der Waals surface area (Å²) in [6.45, 7) is 2.56. The zero-order valence-electron chi connectivity index (χ0n) is 11.1. The van der Waals surface area contributed by atoms with Crippen LogP contribution in [-0.4, -0.2) is 35.5 Å². The molecule has 6 nitrogen and oxygen atoms in total. The minimum absolute atomic E-state index is 0.303. The van der Waals surface area contributed by atoms with E-state index in [0.717, 1.165) is 5.56 Å². The van der Waals surface area contributed by atoms with Gasteiger partial charge in [0.25, 0.3) is 0 Å². The van der Waals surface area contributed by atoms with Crippen molar-refractivity contribution in [3.05, 3.63) is 23.9 Å². The van der Waals surface area contributed by atoms with E-state index < -0.39 is 0 Å². The molecule has 0 unspecified atom stereocenters. The van der Waals surface area contributed by atoms with Crippen molar-refractivity contribution < 1.29 is 14.3 Å². The van der Waals surface area contributed by atoms with E-state index in [2.05, 4.69) is 10.3 Å². The van der Waals surface area contributed by atoms with Crippen LogP contribution in [0.5, 0.6) is 11.5 Å². The number of nitrogens with zero attached hydrogens (tertiary/aromatic N) is 3. The van der Waals surface area contributed by atoms with E-state index in [4.69, 9.17) is 9.47 Å². The molecule has 2 rings (SSSR count). The predicted molar refractivity (Wildman–Crippen MR) is 69.6 cm³/mol. The van der Waals surface area contributed by atoms with Gasteiger partial charge in [0.15, 0.2) is 12.0 Å². The van der Waals surface area contributed by atoms with Crippen molar-refractivity contribution in [2.24, 2.45) is 0 Å². The molecule has 0 amide bonds. The average Bonchev–Trinajstić information content (AvgIpc) is 2.89. The molecule has 0 aliphatic rings. The molecule has 19 heavy (non-hydrogen) atoms. The standard InChI is InChI=1S/C13H15N3O3/c1-4-16-13(12(8-17)14-15-16)9-5-10(18-2)7-11(6-9)19-3/h5-8H,4H2,1-3H3. The maximum absolute atomic E-state index is 11.1. The molecular formula is C13H15N3O3. The largest absolute Gasteiger partial charge is 0.497 e. The van der Waals surface area contributed by atoms with E-state index in [-0.39, 0.29) is 0 Å². The third-order valence-corrected chi connectivity index (χ3v) is 2.80. The molecule has 0 atom stereocenters. The van der Waals surface area contributed by atoms with Crippen LogP contribution in [0.4, 0.5) is 0 Å². The minimum Gasteiger partial charge on any atom is -0.497 e. The Balaban J connectivity index is 2.63. The first-order valence-electron chi connectivity index (χ1n) is 5.85. The fourth-order valence-electron chi connectivity index (χ4n) is 1.87. The summed E-state index contributed by atoms with van der Waals surface area (Å²) < 4.78 is 12.1. The quantitative estimate of drug-likeness (QED) is 0.768. The third-order valence-electron chi connectivity index (χ3n) is 2.80. The smallest absolute Gasteiger partial charge is 0.172 e. The van der Waals surface area contributed by atoms with Gasteiger partial charge in [0, 0.05) is 18.2 Å². The van der Waals surface area contributed by atoms with E-state index in [1.165, 1.54) is 0 Å². The van der Waals surface area contributed by atoms with E-state index in [9.17, 15) is 4.79 Å². The molecule has 0 aliphatic heterocycles. The number of aromatic nitrogens is 3. The lowest BCUT2D eigenvalue weighted by Crippen LogP contribution is -2.00. The van der Waals surface area contributed by atoms with E-state index in [1.54, 1.807) is 25.0 Å². The number of ether oxygens (including phenoxy) is 2. The second kappa shape index (κ2) is 5.51. The topological polar surface area (TPSA) is 66.2 Å². The van der Waals surface area contributed by atoms with Crippen molar-refractivity contribution >= 4 is 6.29 Å². The van der Waals surface area contributed by atoms with Crippen molar-refractivity contribution in [3.63, 3.8) is 0 Å². The predicted octanol–water partition coefficient (Wildman–Crippen LogP) is 1.79. The highest BCUT2D eigenvalue weighted by molar-refractivity contribution is 5.83. The lowest BCUT2D eigenvalue weighted by atomic mass is 10.1. The Morgan fingerprint density at radius 1 is 1.21 bits per heavy atom. The van der Waals surface area contributed by atoms with Gasteiger partial charge in [0.1, 0.15) is 11.5 Å². The molecule has 1 heterocycles. The van der Waals surface area contributed by atoms with Gasteiger partial charge in [-0.2, -0.15) is 0 Å². The van der Waals surface area contributed by atoms with E-state index in [0.29, 0.717) is 35.7 Å². The van der Waals surface area contributed by atoms with Crippen molar-refractivity contribution in [1.29, 1.82) is 0 Å². The molecule has 0 N–H and O–H groups in total. The summed E-state index contributed by atoms with van der Waals surface area (Å²) in [4.78, 5) is 11.1. The van der Waals surface area contributed by atoms with Crippen molar-refractivity contribution in [2.75, 3.05) is 14.2 Å². The minimum atomic E-state index is 0.303. The van der Waals surface area contributed by atoms with Crippen LogP contribution in [-0.2, 0) is 6.54 Å². The number of aldehydes is 1. The van der Waals surface area contributed by atoms with Crippen LogP contribution in [0.15, 0.2) is 18.2 Å². The highest BCUT2D eigenvalue weighted by Crippen LogP contribution is 2.30. The maximum atomic E-state index is 11.1. The van der Waals surface area contributed by atoms with Crippen molar-refractivity contribution in [3.8, 4) is 22.8 Å². The number of aryl methyl sites for hydroxylation is 1. The van der Waals surface area contributed by atoms with Gasteiger partial charge in [-0.3, -0.25) is 4.79 Å². The number of methoxy groups -OCH3 is 2. The zero-order chi connectivity index (χ0) is 13.8. The number of carbonyl (C=O) groups is 1. The summed E-state index contributed by atoms with van der Waals surface area (Å²) in [6, 6.07) is 5.41. The number of rotatable bonds is 5. The monoisotopic (exact) mass is 261 g/mol. The Bertz CT molecular complexity index is 571. The summed E-state index contributed by atoms with van der Waals surface area (Å²) in [7, 11) is 3.16. The van der Waals surface area contributed by atoms with Gasteiger partial charge in [-0.25, -0.2) is 4.68 Å². The molecular weight excluding hydrogens is 246 g/mol. The molecule has 0 saturated heterocycles. The van der Waals surface area contributed by atoms with E-state index >= 15 is 0 Å². The van der Waals surface area contributed by atoms with Crippen LogP contribution < -0.4 is 9.47 Å². The van der Waals surface area contributed by atoms with Crippen LogP contribution in [0, 0.1) is 0 Å². The highest BCUT2D eigenvalue weighted by Gasteiger charge is 2.15. The Kier molecular flexibility index (Phi) is 3.79.